The van der Waals surface area contributed by atoms with Crippen molar-refractivity contribution in [3.05, 3.63) is 30.1 Å². The Morgan fingerprint density at radius 2 is 2.29 bits per heavy atom. The van der Waals surface area contributed by atoms with Gasteiger partial charge in [-0.25, -0.2) is 0 Å². The number of hydrogen-bond acceptors (Lipinski definition) is 2. The molecule has 14 heavy (non-hydrogen) atoms. The highest BCUT2D eigenvalue weighted by atomic mass is 14.7. The molecule has 2 atom stereocenters. The van der Waals surface area contributed by atoms with E-state index in [1.807, 2.05) is 18.2 Å². The van der Waals surface area contributed by atoms with Gasteiger partial charge in [0.1, 0.15) is 0 Å². The van der Waals surface area contributed by atoms with Crippen molar-refractivity contribution in [2.45, 2.75) is 32.6 Å². The molecule has 0 spiro atoms. The predicted octanol–water partition coefficient (Wildman–Crippen LogP) is 3.12. The summed E-state index contributed by atoms with van der Waals surface area (Å²) in [4.78, 5) is 4.23. The summed E-state index contributed by atoms with van der Waals surface area (Å²) in [6.45, 7) is 4.26. The minimum Gasteiger partial charge on any atom is -0.260 e. The zero-order chi connectivity index (χ0) is 10.4. The molecule has 0 aliphatic rings. The molecule has 0 bridgehead atoms. The third kappa shape index (κ3) is 2.56. The quantitative estimate of drug-likeness (QED) is 0.727. The van der Waals surface area contributed by atoms with Crippen LogP contribution in [0.25, 0.3) is 0 Å². The molecule has 2 nitrogen and oxygen atoms in total. The standard InChI is InChI=1S/C12H16N2/c1-3-6-10(2)11(9-13)12-7-4-5-8-14-12/h4-5,7-8,10-11H,3,6H2,1-2H3. The van der Waals surface area contributed by atoms with E-state index in [9.17, 15) is 0 Å². The van der Waals surface area contributed by atoms with E-state index >= 15 is 0 Å². The van der Waals surface area contributed by atoms with Crippen LogP contribution in [0.1, 0.15) is 38.3 Å². The van der Waals surface area contributed by atoms with Gasteiger partial charge >= 0.3 is 0 Å². The van der Waals surface area contributed by atoms with Crippen molar-refractivity contribution >= 4 is 0 Å². The van der Waals surface area contributed by atoms with Crippen LogP contribution in [-0.2, 0) is 0 Å². The van der Waals surface area contributed by atoms with Crippen LogP contribution in [0.2, 0.25) is 0 Å². The second-order valence-corrected chi connectivity index (χ2v) is 3.63. The Balaban J connectivity index is 2.78. The van der Waals surface area contributed by atoms with Crippen LogP contribution in [0, 0.1) is 17.2 Å². The van der Waals surface area contributed by atoms with Gasteiger partial charge in [-0.05, 0) is 24.5 Å². The third-order valence-electron chi connectivity index (χ3n) is 2.46. The summed E-state index contributed by atoms with van der Waals surface area (Å²) in [6, 6.07) is 8.08. The smallest absolute Gasteiger partial charge is 0.0910 e. The zero-order valence-corrected chi connectivity index (χ0v) is 8.77. The minimum absolute atomic E-state index is 0.0591. The van der Waals surface area contributed by atoms with Crippen LogP contribution < -0.4 is 0 Å². The molecule has 1 aromatic rings. The van der Waals surface area contributed by atoms with Crippen LogP contribution >= 0.6 is 0 Å². The number of aromatic nitrogens is 1. The highest BCUT2D eigenvalue weighted by Crippen LogP contribution is 2.25. The summed E-state index contributed by atoms with van der Waals surface area (Å²) in [7, 11) is 0. The predicted molar refractivity (Wildman–Crippen MR) is 56.7 cm³/mol. The average molecular weight is 188 g/mol. The van der Waals surface area contributed by atoms with Crippen molar-refractivity contribution in [3.63, 3.8) is 0 Å². The van der Waals surface area contributed by atoms with E-state index in [1.165, 1.54) is 0 Å². The SMILES string of the molecule is CCCC(C)C(C#N)c1ccccn1. The number of pyridine rings is 1. The molecule has 0 N–H and O–H groups in total. The van der Waals surface area contributed by atoms with Gasteiger partial charge in [-0.1, -0.05) is 26.3 Å². The molecule has 0 saturated heterocycles. The van der Waals surface area contributed by atoms with Crippen LogP contribution in [0.15, 0.2) is 24.4 Å². The van der Waals surface area contributed by atoms with E-state index in [1.54, 1.807) is 6.20 Å². The summed E-state index contributed by atoms with van der Waals surface area (Å²) in [6.07, 6.45) is 3.94. The van der Waals surface area contributed by atoms with Crippen molar-refractivity contribution in [3.8, 4) is 6.07 Å². The Morgan fingerprint density at radius 1 is 1.50 bits per heavy atom. The molecule has 0 aliphatic heterocycles. The van der Waals surface area contributed by atoms with Gasteiger partial charge in [0.05, 0.1) is 17.7 Å². The van der Waals surface area contributed by atoms with Crippen molar-refractivity contribution in [1.29, 1.82) is 5.26 Å². The van der Waals surface area contributed by atoms with E-state index in [0.29, 0.717) is 5.92 Å². The van der Waals surface area contributed by atoms with Gasteiger partial charge in [-0.15, -0.1) is 0 Å². The molecule has 0 fully saturated rings. The molecule has 2 heteroatoms. The molecule has 0 saturated carbocycles. The molecule has 0 amide bonds. The lowest BCUT2D eigenvalue weighted by atomic mass is 9.88. The van der Waals surface area contributed by atoms with Gasteiger partial charge < -0.3 is 0 Å². The van der Waals surface area contributed by atoms with Crippen LogP contribution in [-0.4, -0.2) is 4.98 Å². The maximum atomic E-state index is 9.09. The highest BCUT2D eigenvalue weighted by Gasteiger charge is 2.18. The molecule has 1 aromatic heterocycles. The largest absolute Gasteiger partial charge is 0.260 e. The number of nitriles is 1. The molecule has 1 heterocycles. The molecule has 0 aliphatic carbocycles. The summed E-state index contributed by atoms with van der Waals surface area (Å²) >= 11 is 0. The topological polar surface area (TPSA) is 36.7 Å². The first-order valence-electron chi connectivity index (χ1n) is 5.10. The van der Waals surface area contributed by atoms with Gasteiger partial charge in [0.2, 0.25) is 0 Å². The normalized spacial score (nSPS) is 14.4. The van der Waals surface area contributed by atoms with Gasteiger partial charge in [-0.3, -0.25) is 4.98 Å². The molecule has 0 aromatic carbocycles. The van der Waals surface area contributed by atoms with E-state index in [4.69, 9.17) is 5.26 Å². The Hall–Kier alpha value is -1.36. The molecule has 2 unspecified atom stereocenters. The third-order valence-corrected chi connectivity index (χ3v) is 2.46. The Kier molecular flexibility index (Phi) is 4.12. The second-order valence-electron chi connectivity index (χ2n) is 3.63. The fraction of sp³-hybridized carbons (Fsp3) is 0.500. The Labute approximate surface area is 85.6 Å². The van der Waals surface area contributed by atoms with E-state index in [-0.39, 0.29) is 5.92 Å². The summed E-state index contributed by atoms with van der Waals surface area (Å²) in [5.74, 6) is 0.330. The lowest BCUT2D eigenvalue weighted by Crippen LogP contribution is -2.09. The zero-order valence-electron chi connectivity index (χ0n) is 8.77. The molecular formula is C12H16N2. The fourth-order valence-electron chi connectivity index (χ4n) is 1.67. The van der Waals surface area contributed by atoms with Gasteiger partial charge in [-0.2, -0.15) is 5.26 Å². The second kappa shape index (κ2) is 5.39. The first-order chi connectivity index (χ1) is 6.79. The monoisotopic (exact) mass is 188 g/mol. The number of nitrogens with zero attached hydrogens (tertiary/aromatic N) is 2. The number of rotatable bonds is 4. The minimum atomic E-state index is -0.0591. The maximum Gasteiger partial charge on any atom is 0.0910 e. The molecule has 74 valence electrons. The van der Waals surface area contributed by atoms with E-state index in [2.05, 4.69) is 24.9 Å². The first-order valence-corrected chi connectivity index (χ1v) is 5.10. The lowest BCUT2D eigenvalue weighted by Gasteiger charge is -2.15. The highest BCUT2D eigenvalue weighted by molar-refractivity contribution is 5.17. The van der Waals surface area contributed by atoms with Crippen LogP contribution in [0.3, 0.4) is 0 Å². The Morgan fingerprint density at radius 3 is 2.79 bits per heavy atom. The Bertz CT molecular complexity index is 300. The number of hydrogen-bond donors (Lipinski definition) is 0. The van der Waals surface area contributed by atoms with Crippen molar-refractivity contribution in [2.24, 2.45) is 5.92 Å². The van der Waals surface area contributed by atoms with E-state index in [0.717, 1.165) is 18.5 Å². The molecule has 0 radical (unpaired) electrons. The summed E-state index contributed by atoms with van der Waals surface area (Å²) in [5, 5.41) is 9.09. The van der Waals surface area contributed by atoms with E-state index < -0.39 is 0 Å². The summed E-state index contributed by atoms with van der Waals surface area (Å²) in [5.41, 5.74) is 0.899. The van der Waals surface area contributed by atoms with Crippen molar-refractivity contribution < 1.29 is 0 Å². The van der Waals surface area contributed by atoms with Crippen molar-refractivity contribution in [1.82, 2.24) is 4.98 Å². The molecular weight excluding hydrogens is 172 g/mol. The van der Waals surface area contributed by atoms with Gasteiger partial charge in [0.25, 0.3) is 0 Å². The first kappa shape index (κ1) is 10.7. The lowest BCUT2D eigenvalue weighted by molar-refractivity contribution is 0.477. The van der Waals surface area contributed by atoms with Gasteiger partial charge in [0.15, 0.2) is 0 Å². The maximum absolute atomic E-state index is 9.09. The average Bonchev–Trinajstić information content (AvgIpc) is 2.21. The van der Waals surface area contributed by atoms with Gasteiger partial charge in [0, 0.05) is 6.20 Å². The summed E-state index contributed by atoms with van der Waals surface area (Å²) < 4.78 is 0. The van der Waals surface area contributed by atoms with Crippen LogP contribution in [0.4, 0.5) is 0 Å². The van der Waals surface area contributed by atoms with Crippen molar-refractivity contribution in [2.75, 3.05) is 0 Å². The van der Waals surface area contributed by atoms with Crippen LogP contribution in [0.5, 0.6) is 0 Å². The fourth-order valence-corrected chi connectivity index (χ4v) is 1.67. The molecule has 1 rings (SSSR count).